The standard InChI is InChI=1S/C23H10ClF5N6O2/c1-2-15(36)34-14-7-10(25)3-4-12(14)16-18(26)20(28)17(21(29)19(16)27)23(37)33-11-8-13(24)22(30-9-11)35-31-5-6-32-35/h1,3-9H,(H,33,37)(H,34,36). The second-order valence-electron chi connectivity index (χ2n) is 7.10. The van der Waals surface area contributed by atoms with Crippen molar-refractivity contribution in [2.24, 2.45) is 0 Å². The van der Waals surface area contributed by atoms with Crippen molar-refractivity contribution in [3.8, 4) is 29.3 Å². The Balaban J connectivity index is 1.73. The smallest absolute Gasteiger partial charge is 0.300 e. The summed E-state index contributed by atoms with van der Waals surface area (Å²) >= 11 is 6.07. The van der Waals surface area contributed by atoms with Gasteiger partial charge in [0.15, 0.2) is 29.1 Å². The minimum absolute atomic E-state index is 0.0653. The molecular weight excluding hydrogens is 523 g/mol. The number of rotatable bonds is 5. The Morgan fingerprint density at radius 1 is 0.946 bits per heavy atom. The van der Waals surface area contributed by atoms with Crippen LogP contribution in [0.3, 0.4) is 0 Å². The lowest BCUT2D eigenvalue weighted by Gasteiger charge is -2.15. The first-order valence-corrected chi connectivity index (χ1v) is 10.3. The van der Waals surface area contributed by atoms with Gasteiger partial charge >= 0.3 is 0 Å². The number of hydrogen-bond donors (Lipinski definition) is 2. The van der Waals surface area contributed by atoms with Crippen molar-refractivity contribution < 1.29 is 31.5 Å². The molecule has 37 heavy (non-hydrogen) atoms. The SMILES string of the molecule is C#CC(=O)Nc1cc(F)ccc1-c1c(F)c(F)c(C(=O)Nc2cnc(-n3nccn3)c(Cl)c2)c(F)c1F. The molecule has 2 aromatic heterocycles. The lowest BCUT2D eigenvalue weighted by Crippen LogP contribution is -2.19. The predicted octanol–water partition coefficient (Wildman–Crippen LogP) is 4.50. The summed E-state index contributed by atoms with van der Waals surface area (Å²) in [7, 11) is 0. The first kappa shape index (κ1) is 25.3. The van der Waals surface area contributed by atoms with Gasteiger partial charge in [-0.15, -0.1) is 11.2 Å². The Morgan fingerprint density at radius 3 is 2.19 bits per heavy atom. The third kappa shape index (κ3) is 4.82. The largest absolute Gasteiger partial charge is 0.320 e. The van der Waals surface area contributed by atoms with Gasteiger partial charge in [-0.25, -0.2) is 26.9 Å². The van der Waals surface area contributed by atoms with E-state index in [1.807, 2.05) is 10.6 Å². The molecule has 2 heterocycles. The number of aromatic nitrogens is 4. The van der Waals surface area contributed by atoms with Crippen molar-refractivity contribution >= 4 is 34.8 Å². The van der Waals surface area contributed by atoms with Gasteiger partial charge < -0.3 is 10.6 Å². The molecule has 186 valence electrons. The number of nitrogens with one attached hydrogen (secondary N) is 2. The normalized spacial score (nSPS) is 10.6. The molecule has 0 radical (unpaired) electrons. The molecule has 4 rings (SSSR count). The zero-order valence-corrected chi connectivity index (χ0v) is 18.7. The van der Waals surface area contributed by atoms with Gasteiger partial charge in [0.1, 0.15) is 11.4 Å². The topological polar surface area (TPSA) is 102 Å². The summed E-state index contributed by atoms with van der Waals surface area (Å²) < 4.78 is 73.5. The molecule has 0 aliphatic carbocycles. The average Bonchev–Trinajstić information content (AvgIpc) is 3.39. The van der Waals surface area contributed by atoms with E-state index in [2.05, 4.69) is 15.2 Å². The molecule has 0 unspecified atom stereocenters. The molecule has 0 aliphatic rings. The van der Waals surface area contributed by atoms with Crippen LogP contribution in [-0.4, -0.2) is 31.8 Å². The van der Waals surface area contributed by atoms with Gasteiger partial charge in [0, 0.05) is 5.56 Å². The number of carbonyl (C=O) groups is 2. The van der Waals surface area contributed by atoms with E-state index in [0.29, 0.717) is 6.07 Å². The molecule has 0 saturated heterocycles. The number of nitrogens with zero attached hydrogens (tertiary/aromatic N) is 4. The van der Waals surface area contributed by atoms with Crippen molar-refractivity contribution in [2.45, 2.75) is 0 Å². The van der Waals surface area contributed by atoms with E-state index in [0.717, 1.165) is 29.2 Å². The Kier molecular flexibility index (Phi) is 6.85. The van der Waals surface area contributed by atoms with Crippen molar-refractivity contribution in [1.29, 1.82) is 0 Å². The maximum Gasteiger partial charge on any atom is 0.300 e. The molecule has 4 aromatic rings. The van der Waals surface area contributed by atoms with Crippen LogP contribution in [0.1, 0.15) is 10.4 Å². The number of amides is 2. The molecule has 2 N–H and O–H groups in total. The molecule has 0 spiro atoms. The van der Waals surface area contributed by atoms with Crippen LogP contribution in [0.25, 0.3) is 16.9 Å². The summed E-state index contributed by atoms with van der Waals surface area (Å²) in [5.41, 5.74) is -4.27. The van der Waals surface area contributed by atoms with Gasteiger partial charge in [0.05, 0.1) is 40.6 Å². The highest BCUT2D eigenvalue weighted by molar-refractivity contribution is 6.32. The van der Waals surface area contributed by atoms with Gasteiger partial charge in [0.2, 0.25) is 0 Å². The fourth-order valence-corrected chi connectivity index (χ4v) is 3.47. The Hall–Kier alpha value is -4.83. The van der Waals surface area contributed by atoms with E-state index in [4.69, 9.17) is 18.0 Å². The molecule has 2 amide bonds. The van der Waals surface area contributed by atoms with Gasteiger partial charge in [-0.05, 0) is 30.2 Å². The summed E-state index contributed by atoms with van der Waals surface area (Å²) in [4.78, 5) is 29.1. The minimum Gasteiger partial charge on any atom is -0.320 e. The predicted molar refractivity (Wildman–Crippen MR) is 121 cm³/mol. The van der Waals surface area contributed by atoms with Crippen LogP contribution in [-0.2, 0) is 4.79 Å². The molecular formula is C23H10ClF5N6O2. The van der Waals surface area contributed by atoms with Crippen LogP contribution >= 0.6 is 11.6 Å². The van der Waals surface area contributed by atoms with Gasteiger partial charge in [-0.2, -0.15) is 10.2 Å². The van der Waals surface area contributed by atoms with Crippen molar-refractivity contribution in [3.05, 3.63) is 82.5 Å². The molecule has 0 fully saturated rings. The second-order valence-corrected chi connectivity index (χ2v) is 7.50. The molecule has 14 heteroatoms. The van der Waals surface area contributed by atoms with E-state index in [9.17, 15) is 22.8 Å². The van der Waals surface area contributed by atoms with E-state index in [1.54, 1.807) is 5.92 Å². The van der Waals surface area contributed by atoms with Crippen LogP contribution in [0, 0.1) is 41.4 Å². The Bertz CT molecular complexity index is 1580. The van der Waals surface area contributed by atoms with Gasteiger partial charge in [-0.1, -0.05) is 11.6 Å². The Morgan fingerprint density at radius 2 is 1.59 bits per heavy atom. The number of anilines is 2. The molecule has 8 nitrogen and oxygen atoms in total. The van der Waals surface area contributed by atoms with E-state index < -0.39 is 63.3 Å². The number of benzene rings is 2. The van der Waals surface area contributed by atoms with Crippen molar-refractivity contribution in [2.75, 3.05) is 10.6 Å². The highest BCUT2D eigenvalue weighted by Crippen LogP contribution is 2.37. The molecule has 0 atom stereocenters. The molecule has 2 aromatic carbocycles. The highest BCUT2D eigenvalue weighted by Gasteiger charge is 2.31. The minimum atomic E-state index is -2.05. The third-order valence-electron chi connectivity index (χ3n) is 4.81. The number of hydrogen-bond acceptors (Lipinski definition) is 5. The lowest BCUT2D eigenvalue weighted by atomic mass is 9.98. The zero-order chi connectivity index (χ0) is 26.9. The summed E-state index contributed by atoms with van der Waals surface area (Å²) in [6.07, 6.45) is 8.67. The number of terminal acetylenes is 1. The molecule has 0 aliphatic heterocycles. The second kappa shape index (κ2) is 10.0. The van der Waals surface area contributed by atoms with Crippen LogP contribution < -0.4 is 10.6 Å². The summed E-state index contributed by atoms with van der Waals surface area (Å²) in [6, 6.07) is 3.28. The fraction of sp³-hybridized carbons (Fsp3) is 0. The molecule has 0 bridgehead atoms. The van der Waals surface area contributed by atoms with Gasteiger partial charge in [0.25, 0.3) is 11.8 Å². The summed E-state index contributed by atoms with van der Waals surface area (Å²) in [5.74, 6) is -10.0. The van der Waals surface area contributed by atoms with E-state index >= 15 is 8.78 Å². The first-order valence-electron chi connectivity index (χ1n) is 9.89. The Labute approximate surface area is 209 Å². The maximum atomic E-state index is 15.0. The van der Waals surface area contributed by atoms with Crippen LogP contribution in [0.15, 0.2) is 42.9 Å². The number of halogens is 6. The maximum absolute atomic E-state index is 15.0. The average molecular weight is 533 g/mol. The zero-order valence-electron chi connectivity index (χ0n) is 18.0. The summed E-state index contributed by atoms with van der Waals surface area (Å²) in [5, 5.41) is 11.6. The number of carbonyl (C=O) groups excluding carboxylic acids is 2. The molecule has 0 saturated carbocycles. The monoisotopic (exact) mass is 532 g/mol. The summed E-state index contributed by atoms with van der Waals surface area (Å²) in [6.45, 7) is 0. The van der Waals surface area contributed by atoms with E-state index in [-0.39, 0.29) is 16.5 Å². The fourth-order valence-electron chi connectivity index (χ4n) is 3.23. The van der Waals surface area contributed by atoms with Gasteiger partial charge in [-0.3, -0.25) is 9.59 Å². The van der Waals surface area contributed by atoms with Crippen molar-refractivity contribution in [1.82, 2.24) is 20.0 Å². The number of pyridine rings is 1. The lowest BCUT2D eigenvalue weighted by molar-refractivity contribution is -0.111. The first-order chi connectivity index (χ1) is 17.6. The van der Waals surface area contributed by atoms with Crippen molar-refractivity contribution in [3.63, 3.8) is 0 Å². The third-order valence-corrected chi connectivity index (χ3v) is 5.09. The van der Waals surface area contributed by atoms with Crippen LogP contribution in [0.4, 0.5) is 33.3 Å². The van der Waals surface area contributed by atoms with Crippen LogP contribution in [0.5, 0.6) is 0 Å². The van der Waals surface area contributed by atoms with Crippen LogP contribution in [0.2, 0.25) is 5.02 Å². The highest BCUT2D eigenvalue weighted by atomic mass is 35.5. The van der Waals surface area contributed by atoms with E-state index in [1.165, 1.54) is 12.4 Å². The quantitative estimate of drug-likeness (QED) is 0.224.